The van der Waals surface area contributed by atoms with E-state index in [0.717, 1.165) is 23.3 Å². The molecule has 3 aromatic rings. The number of sulfone groups is 1. The topological polar surface area (TPSA) is 80.6 Å². The lowest BCUT2D eigenvalue weighted by Gasteiger charge is -1.96. The van der Waals surface area contributed by atoms with E-state index in [9.17, 15) is 8.42 Å². The van der Waals surface area contributed by atoms with Gasteiger partial charge in [-0.3, -0.25) is 4.68 Å². The van der Waals surface area contributed by atoms with Crippen LogP contribution in [0.4, 0.5) is 0 Å². The number of rotatable bonds is 3. The third-order valence-corrected chi connectivity index (χ3v) is 4.53. The Kier molecular flexibility index (Phi) is 3.09. The van der Waals surface area contributed by atoms with Crippen molar-refractivity contribution in [1.29, 1.82) is 0 Å². The van der Waals surface area contributed by atoms with Crippen LogP contribution in [0, 0.1) is 0 Å². The van der Waals surface area contributed by atoms with Gasteiger partial charge in [0.2, 0.25) is 0 Å². The van der Waals surface area contributed by atoms with Crippen molar-refractivity contribution in [2.75, 3.05) is 6.26 Å². The van der Waals surface area contributed by atoms with Gasteiger partial charge in [-0.25, -0.2) is 13.4 Å². The standard InChI is InChI=1S/C14H16N4O2S/c1-4-9-7-13(18(2)17-9)14-15-11-6-5-10(21(3,19)20)8-12(11)16-14/h5-8H,4H2,1-3H3,(H,15,16). The molecular weight excluding hydrogens is 288 g/mol. The van der Waals surface area contributed by atoms with E-state index in [1.165, 1.54) is 6.26 Å². The summed E-state index contributed by atoms with van der Waals surface area (Å²) in [6.45, 7) is 2.04. The van der Waals surface area contributed by atoms with Crippen LogP contribution in [-0.2, 0) is 23.3 Å². The zero-order chi connectivity index (χ0) is 15.2. The van der Waals surface area contributed by atoms with E-state index in [1.54, 1.807) is 22.9 Å². The number of nitrogens with one attached hydrogen (secondary N) is 1. The number of nitrogens with zero attached hydrogens (tertiary/aromatic N) is 3. The van der Waals surface area contributed by atoms with Gasteiger partial charge in [0.05, 0.1) is 21.6 Å². The average Bonchev–Trinajstić information content (AvgIpc) is 2.99. The van der Waals surface area contributed by atoms with Gasteiger partial charge in [0.15, 0.2) is 15.7 Å². The van der Waals surface area contributed by atoms with Crippen molar-refractivity contribution in [3.63, 3.8) is 0 Å². The largest absolute Gasteiger partial charge is 0.337 e. The maximum absolute atomic E-state index is 11.6. The third kappa shape index (κ3) is 2.44. The van der Waals surface area contributed by atoms with Crippen LogP contribution < -0.4 is 0 Å². The molecule has 6 nitrogen and oxygen atoms in total. The molecule has 0 unspecified atom stereocenters. The van der Waals surface area contributed by atoms with Crippen LogP contribution in [0.15, 0.2) is 29.2 Å². The summed E-state index contributed by atoms with van der Waals surface area (Å²) in [5.41, 5.74) is 3.30. The van der Waals surface area contributed by atoms with Crippen LogP contribution in [0.5, 0.6) is 0 Å². The Morgan fingerprint density at radius 2 is 2.05 bits per heavy atom. The highest BCUT2D eigenvalue weighted by atomic mass is 32.2. The van der Waals surface area contributed by atoms with E-state index in [0.29, 0.717) is 11.3 Å². The third-order valence-electron chi connectivity index (χ3n) is 3.42. The zero-order valence-corrected chi connectivity index (χ0v) is 12.9. The summed E-state index contributed by atoms with van der Waals surface area (Å²) in [7, 11) is -1.36. The molecule has 0 aliphatic carbocycles. The van der Waals surface area contributed by atoms with E-state index in [4.69, 9.17) is 0 Å². The van der Waals surface area contributed by atoms with Gasteiger partial charge in [-0.2, -0.15) is 5.10 Å². The number of aromatic amines is 1. The van der Waals surface area contributed by atoms with Crippen LogP contribution >= 0.6 is 0 Å². The molecule has 0 aliphatic rings. The van der Waals surface area contributed by atoms with E-state index in [2.05, 4.69) is 15.1 Å². The molecule has 0 amide bonds. The van der Waals surface area contributed by atoms with Crippen molar-refractivity contribution in [2.45, 2.75) is 18.2 Å². The van der Waals surface area contributed by atoms with Crippen molar-refractivity contribution in [3.05, 3.63) is 30.0 Å². The van der Waals surface area contributed by atoms with E-state index in [1.807, 2.05) is 20.0 Å². The first-order valence-corrected chi connectivity index (χ1v) is 8.50. The Morgan fingerprint density at radius 1 is 1.29 bits per heavy atom. The Hall–Kier alpha value is -2.15. The molecule has 0 fully saturated rings. The number of hydrogen-bond donors (Lipinski definition) is 1. The Balaban J connectivity index is 2.14. The molecule has 1 N–H and O–H groups in total. The highest BCUT2D eigenvalue weighted by molar-refractivity contribution is 7.90. The number of fused-ring (bicyclic) bond motifs is 1. The molecule has 0 radical (unpaired) electrons. The fourth-order valence-electron chi connectivity index (χ4n) is 2.26. The van der Waals surface area contributed by atoms with Crippen LogP contribution in [0.1, 0.15) is 12.6 Å². The molecule has 3 rings (SSSR count). The molecule has 0 spiro atoms. The molecule has 2 aromatic heterocycles. The zero-order valence-electron chi connectivity index (χ0n) is 12.1. The van der Waals surface area contributed by atoms with Crippen molar-refractivity contribution < 1.29 is 8.42 Å². The summed E-state index contributed by atoms with van der Waals surface area (Å²) in [5.74, 6) is 0.686. The van der Waals surface area contributed by atoms with Gasteiger partial charge in [-0.05, 0) is 30.7 Å². The number of aromatic nitrogens is 4. The van der Waals surface area contributed by atoms with Crippen molar-refractivity contribution in [2.24, 2.45) is 7.05 Å². The maximum Gasteiger partial charge on any atom is 0.175 e. The Labute approximate surface area is 122 Å². The minimum Gasteiger partial charge on any atom is -0.337 e. The second-order valence-corrected chi connectivity index (χ2v) is 7.05. The summed E-state index contributed by atoms with van der Waals surface area (Å²) in [6, 6.07) is 6.87. The predicted octanol–water partition coefficient (Wildman–Crippen LogP) is 1.93. The molecule has 110 valence electrons. The van der Waals surface area contributed by atoms with Crippen LogP contribution in [0.25, 0.3) is 22.6 Å². The summed E-state index contributed by atoms with van der Waals surface area (Å²) in [5, 5.41) is 4.39. The molecule has 1 aromatic carbocycles. The highest BCUT2D eigenvalue weighted by Crippen LogP contribution is 2.23. The monoisotopic (exact) mass is 304 g/mol. The minimum absolute atomic E-state index is 0.282. The van der Waals surface area contributed by atoms with E-state index < -0.39 is 9.84 Å². The first kappa shape index (κ1) is 13.8. The summed E-state index contributed by atoms with van der Waals surface area (Å²) in [6.07, 6.45) is 2.05. The highest BCUT2D eigenvalue weighted by Gasteiger charge is 2.13. The molecule has 0 saturated heterocycles. The normalized spacial score (nSPS) is 12.1. The molecular formula is C14H16N4O2S. The second kappa shape index (κ2) is 4.70. The average molecular weight is 304 g/mol. The van der Waals surface area contributed by atoms with Crippen molar-refractivity contribution in [1.82, 2.24) is 19.7 Å². The molecule has 0 saturated carbocycles. The fraction of sp³-hybridized carbons (Fsp3) is 0.286. The van der Waals surface area contributed by atoms with Crippen LogP contribution in [0.2, 0.25) is 0 Å². The molecule has 0 bridgehead atoms. The SMILES string of the molecule is CCc1cc(-c2nc3ccc(S(C)(=O)=O)cc3[nH]2)n(C)n1. The molecule has 0 atom stereocenters. The molecule has 21 heavy (non-hydrogen) atoms. The van der Waals surface area contributed by atoms with Gasteiger partial charge in [-0.1, -0.05) is 6.92 Å². The smallest absolute Gasteiger partial charge is 0.175 e. The second-order valence-electron chi connectivity index (χ2n) is 5.03. The number of imidazole rings is 1. The Morgan fingerprint density at radius 3 is 2.67 bits per heavy atom. The molecule has 0 aliphatic heterocycles. The van der Waals surface area contributed by atoms with Gasteiger partial charge in [0.25, 0.3) is 0 Å². The first-order chi connectivity index (χ1) is 9.88. The summed E-state index contributed by atoms with van der Waals surface area (Å²) >= 11 is 0. The van der Waals surface area contributed by atoms with Gasteiger partial charge in [0.1, 0.15) is 5.69 Å². The number of hydrogen-bond acceptors (Lipinski definition) is 4. The lowest BCUT2D eigenvalue weighted by molar-refractivity contribution is 0.602. The summed E-state index contributed by atoms with van der Waals surface area (Å²) in [4.78, 5) is 7.95. The van der Waals surface area contributed by atoms with E-state index in [-0.39, 0.29) is 4.90 Å². The lowest BCUT2D eigenvalue weighted by atomic mass is 10.3. The van der Waals surface area contributed by atoms with Crippen LogP contribution in [-0.4, -0.2) is 34.4 Å². The van der Waals surface area contributed by atoms with Gasteiger partial charge < -0.3 is 4.98 Å². The number of H-pyrrole nitrogens is 1. The first-order valence-electron chi connectivity index (χ1n) is 6.61. The van der Waals surface area contributed by atoms with Crippen molar-refractivity contribution in [3.8, 4) is 11.5 Å². The minimum atomic E-state index is -3.22. The maximum atomic E-state index is 11.6. The number of aryl methyl sites for hydroxylation is 2. The quantitative estimate of drug-likeness (QED) is 0.801. The Bertz CT molecular complexity index is 922. The van der Waals surface area contributed by atoms with Crippen LogP contribution in [0.3, 0.4) is 0 Å². The van der Waals surface area contributed by atoms with Gasteiger partial charge >= 0.3 is 0 Å². The lowest BCUT2D eigenvalue weighted by Crippen LogP contribution is -1.96. The fourth-order valence-corrected chi connectivity index (χ4v) is 2.91. The van der Waals surface area contributed by atoms with Crippen molar-refractivity contribution >= 4 is 20.9 Å². The number of benzene rings is 1. The van der Waals surface area contributed by atoms with E-state index >= 15 is 0 Å². The molecule has 7 heteroatoms. The van der Waals surface area contributed by atoms with Gasteiger partial charge in [-0.15, -0.1) is 0 Å². The van der Waals surface area contributed by atoms with Gasteiger partial charge in [0, 0.05) is 13.3 Å². The summed E-state index contributed by atoms with van der Waals surface area (Å²) < 4.78 is 25.0. The molecule has 2 heterocycles. The predicted molar refractivity (Wildman–Crippen MR) is 80.8 cm³/mol.